The van der Waals surface area contributed by atoms with Crippen molar-refractivity contribution in [1.29, 1.82) is 0 Å². The molecule has 1 unspecified atom stereocenters. The highest BCUT2D eigenvalue weighted by molar-refractivity contribution is 5.90. The van der Waals surface area contributed by atoms with Gasteiger partial charge in [0.1, 0.15) is 11.6 Å². The van der Waals surface area contributed by atoms with E-state index in [0.29, 0.717) is 12.6 Å². The summed E-state index contributed by atoms with van der Waals surface area (Å²) in [5, 5.41) is 7.32. The van der Waals surface area contributed by atoms with Crippen molar-refractivity contribution in [2.45, 2.75) is 38.1 Å². The molecule has 1 fully saturated rings. The summed E-state index contributed by atoms with van der Waals surface area (Å²) in [6, 6.07) is 15.2. The second-order valence-corrected chi connectivity index (χ2v) is 11.0. The second kappa shape index (κ2) is 12.6. The Balaban J connectivity index is 1.06. The number of fused-ring (bicyclic) bond motifs is 2. The van der Waals surface area contributed by atoms with Crippen molar-refractivity contribution < 1.29 is 14.3 Å². The van der Waals surface area contributed by atoms with E-state index in [0.717, 1.165) is 88.2 Å². The van der Waals surface area contributed by atoms with Gasteiger partial charge in [0.15, 0.2) is 0 Å². The molecule has 1 aliphatic rings. The highest BCUT2D eigenvalue weighted by Gasteiger charge is 2.25. The summed E-state index contributed by atoms with van der Waals surface area (Å²) in [5.74, 6) is 1.70. The molecule has 0 saturated carbocycles. The molecule has 0 bridgehead atoms. The highest BCUT2D eigenvalue weighted by Crippen LogP contribution is 2.32. The second-order valence-electron chi connectivity index (χ2n) is 11.0. The van der Waals surface area contributed by atoms with Gasteiger partial charge in [0.25, 0.3) is 0 Å². The van der Waals surface area contributed by atoms with Gasteiger partial charge in [0, 0.05) is 35.7 Å². The number of aryl methyl sites for hydroxylation is 1. The smallest absolute Gasteiger partial charge is 0.407 e. The molecule has 2 amide bonds. The molecular formula is C32H36N8O3. The SMILES string of the molecule is COC(=O)NCC(=O)NCCCCc1ncc(-c2ccc3cc(-c4ccc5nc(C6CCCN6C)[nH]c5c4)ncc3c2)[nH]1. The summed E-state index contributed by atoms with van der Waals surface area (Å²) < 4.78 is 4.45. The molecule has 5 aromatic rings. The lowest BCUT2D eigenvalue weighted by Crippen LogP contribution is -2.37. The van der Waals surface area contributed by atoms with Crippen molar-refractivity contribution in [3.8, 4) is 22.5 Å². The highest BCUT2D eigenvalue weighted by atomic mass is 16.5. The van der Waals surface area contributed by atoms with Crippen LogP contribution in [0.1, 0.15) is 43.4 Å². The van der Waals surface area contributed by atoms with Gasteiger partial charge in [-0.2, -0.15) is 0 Å². The summed E-state index contributed by atoms with van der Waals surface area (Å²) in [7, 11) is 3.42. The molecule has 11 nitrogen and oxygen atoms in total. The number of benzene rings is 2. The Hall–Kier alpha value is -4.77. The van der Waals surface area contributed by atoms with Crippen LogP contribution >= 0.6 is 0 Å². The number of nitrogens with one attached hydrogen (secondary N) is 4. The number of H-pyrrole nitrogens is 2. The minimum absolute atomic E-state index is 0.100. The van der Waals surface area contributed by atoms with Gasteiger partial charge in [-0.3, -0.25) is 14.7 Å². The van der Waals surface area contributed by atoms with Gasteiger partial charge in [0.2, 0.25) is 5.91 Å². The monoisotopic (exact) mass is 580 g/mol. The zero-order valence-electron chi connectivity index (χ0n) is 24.4. The fourth-order valence-corrected chi connectivity index (χ4v) is 5.64. The molecule has 6 rings (SSSR count). The topological polar surface area (TPSA) is 141 Å². The van der Waals surface area contributed by atoms with E-state index >= 15 is 0 Å². The van der Waals surface area contributed by atoms with Gasteiger partial charge >= 0.3 is 6.09 Å². The number of unbranched alkanes of at least 4 members (excludes halogenated alkanes) is 1. The molecule has 2 aromatic carbocycles. The Labute approximate surface area is 249 Å². The number of carbonyl (C=O) groups excluding carboxylic acids is 2. The first kappa shape index (κ1) is 28.4. The lowest BCUT2D eigenvalue weighted by molar-refractivity contribution is -0.120. The minimum Gasteiger partial charge on any atom is -0.453 e. The van der Waals surface area contributed by atoms with Crippen molar-refractivity contribution in [1.82, 2.24) is 40.5 Å². The Bertz CT molecular complexity index is 1760. The standard InChI is InChI=1S/C32H36N8O3/c1-40-13-5-6-28(40)31-38-24-11-10-22(16-26(24)39-31)25-15-20-8-9-21(14-23(20)17-34-25)27-18-35-29(37-27)7-3-4-12-33-30(41)19-36-32(42)43-2/h8-11,14-18,28H,3-7,12-13,19H2,1-2H3,(H,33,41)(H,35,37)(H,36,42)(H,38,39). The molecule has 43 heavy (non-hydrogen) atoms. The van der Waals surface area contributed by atoms with Crippen LogP contribution in [0.15, 0.2) is 54.9 Å². The molecule has 222 valence electrons. The summed E-state index contributed by atoms with van der Waals surface area (Å²) >= 11 is 0. The number of amides is 2. The quantitative estimate of drug-likeness (QED) is 0.175. The number of nitrogens with zero attached hydrogens (tertiary/aromatic N) is 4. The van der Waals surface area contributed by atoms with Crippen LogP contribution in [0.25, 0.3) is 44.3 Å². The Morgan fingerprint density at radius 2 is 1.88 bits per heavy atom. The molecule has 0 spiro atoms. The average molecular weight is 581 g/mol. The zero-order chi connectivity index (χ0) is 29.8. The Morgan fingerprint density at radius 1 is 1.00 bits per heavy atom. The third-order valence-electron chi connectivity index (χ3n) is 8.03. The summed E-state index contributed by atoms with van der Waals surface area (Å²) in [5.41, 5.74) is 6.02. The fourth-order valence-electron chi connectivity index (χ4n) is 5.64. The van der Waals surface area contributed by atoms with Crippen molar-refractivity contribution >= 4 is 33.8 Å². The summed E-state index contributed by atoms with van der Waals surface area (Å²) in [6.45, 7) is 1.54. The van der Waals surface area contributed by atoms with Gasteiger partial charge in [0.05, 0.1) is 48.3 Å². The van der Waals surface area contributed by atoms with Crippen LogP contribution in [0.4, 0.5) is 4.79 Å². The summed E-state index contributed by atoms with van der Waals surface area (Å²) in [6.07, 6.45) is 7.94. The zero-order valence-corrected chi connectivity index (χ0v) is 24.4. The molecule has 3 aromatic heterocycles. The van der Waals surface area contributed by atoms with Gasteiger partial charge in [-0.1, -0.05) is 18.2 Å². The number of likely N-dealkylation sites (tertiary alicyclic amines) is 1. The normalized spacial score (nSPS) is 15.3. The van der Waals surface area contributed by atoms with E-state index in [1.165, 1.54) is 13.5 Å². The van der Waals surface area contributed by atoms with E-state index < -0.39 is 6.09 Å². The number of rotatable bonds is 10. The van der Waals surface area contributed by atoms with Crippen LogP contribution in [0.5, 0.6) is 0 Å². The van der Waals surface area contributed by atoms with Crippen molar-refractivity contribution in [2.75, 3.05) is 33.8 Å². The third-order valence-corrected chi connectivity index (χ3v) is 8.03. The van der Waals surface area contributed by atoms with Gasteiger partial charge in [-0.15, -0.1) is 0 Å². The Morgan fingerprint density at radius 3 is 2.72 bits per heavy atom. The van der Waals surface area contributed by atoms with E-state index in [-0.39, 0.29) is 12.5 Å². The van der Waals surface area contributed by atoms with Gasteiger partial charge < -0.3 is 25.3 Å². The van der Waals surface area contributed by atoms with Crippen molar-refractivity contribution in [3.05, 3.63) is 66.5 Å². The number of hydrogen-bond acceptors (Lipinski definition) is 7. The van der Waals surface area contributed by atoms with Crippen molar-refractivity contribution in [3.63, 3.8) is 0 Å². The number of pyridine rings is 1. The molecule has 4 N–H and O–H groups in total. The van der Waals surface area contributed by atoms with Crippen LogP contribution < -0.4 is 10.6 Å². The maximum atomic E-state index is 11.7. The Kier molecular flexibility index (Phi) is 8.32. The maximum absolute atomic E-state index is 11.7. The number of aromatic amines is 2. The number of carbonyl (C=O) groups is 2. The van der Waals surface area contributed by atoms with E-state index in [9.17, 15) is 9.59 Å². The molecular weight excluding hydrogens is 544 g/mol. The van der Waals surface area contributed by atoms with Gasteiger partial charge in [-0.05, 0) is 68.9 Å². The lowest BCUT2D eigenvalue weighted by Gasteiger charge is -2.16. The first-order valence-corrected chi connectivity index (χ1v) is 14.7. The third kappa shape index (κ3) is 6.51. The van der Waals surface area contributed by atoms with Crippen LogP contribution in [0.3, 0.4) is 0 Å². The van der Waals surface area contributed by atoms with Crippen LogP contribution in [-0.2, 0) is 16.0 Å². The van der Waals surface area contributed by atoms with Gasteiger partial charge in [-0.25, -0.2) is 14.8 Å². The number of methoxy groups -OCH3 is 1. The average Bonchev–Trinajstić information content (AvgIpc) is 3.78. The van der Waals surface area contributed by atoms with E-state index in [1.807, 2.05) is 12.4 Å². The molecule has 0 radical (unpaired) electrons. The number of aromatic nitrogens is 5. The minimum atomic E-state index is -0.624. The predicted molar refractivity (Wildman–Crippen MR) is 165 cm³/mol. The predicted octanol–water partition coefficient (Wildman–Crippen LogP) is 4.73. The molecule has 1 atom stereocenters. The first-order valence-electron chi connectivity index (χ1n) is 14.7. The van der Waals surface area contributed by atoms with Crippen LogP contribution in [0, 0.1) is 0 Å². The number of hydrogen-bond donors (Lipinski definition) is 4. The molecule has 0 aliphatic carbocycles. The van der Waals surface area contributed by atoms with Crippen LogP contribution in [0.2, 0.25) is 0 Å². The van der Waals surface area contributed by atoms with E-state index in [4.69, 9.17) is 9.97 Å². The van der Waals surface area contributed by atoms with Crippen molar-refractivity contribution in [2.24, 2.45) is 0 Å². The van der Waals surface area contributed by atoms with Crippen LogP contribution in [-0.4, -0.2) is 75.6 Å². The molecule has 4 heterocycles. The fraction of sp³-hybridized carbons (Fsp3) is 0.344. The lowest BCUT2D eigenvalue weighted by atomic mass is 10.0. The number of imidazole rings is 2. The number of alkyl carbamates (subject to hydrolysis) is 1. The molecule has 11 heteroatoms. The van der Waals surface area contributed by atoms with E-state index in [2.05, 4.69) is 84.7 Å². The van der Waals surface area contributed by atoms with E-state index in [1.54, 1.807) is 0 Å². The molecule has 1 saturated heterocycles. The maximum Gasteiger partial charge on any atom is 0.407 e. The first-order chi connectivity index (χ1) is 21.0. The molecule has 1 aliphatic heterocycles. The summed E-state index contributed by atoms with van der Waals surface area (Å²) in [4.78, 5) is 46.3. The largest absolute Gasteiger partial charge is 0.453 e. The number of ether oxygens (including phenoxy) is 1.